The Hall–Kier alpha value is -3.46. The van der Waals surface area contributed by atoms with Gasteiger partial charge >= 0.3 is 0 Å². The van der Waals surface area contributed by atoms with E-state index >= 15 is 0 Å². The maximum Gasteiger partial charge on any atom is 0.258 e. The smallest absolute Gasteiger partial charge is 0.258 e. The highest BCUT2D eigenvalue weighted by molar-refractivity contribution is 6.32. The number of nitrogens with zero attached hydrogens (tertiary/aromatic N) is 1. The van der Waals surface area contributed by atoms with Gasteiger partial charge in [-0.1, -0.05) is 60.7 Å². The molecule has 0 spiro atoms. The van der Waals surface area contributed by atoms with E-state index in [9.17, 15) is 9.59 Å². The second-order valence-electron chi connectivity index (χ2n) is 6.17. The monoisotopic (exact) mass is 323 g/mol. The van der Waals surface area contributed by atoms with Crippen LogP contribution in [0.15, 0.2) is 78.9 Å². The van der Waals surface area contributed by atoms with E-state index in [0.29, 0.717) is 5.69 Å². The van der Waals surface area contributed by atoms with Crippen LogP contribution in [0.5, 0.6) is 0 Å². The zero-order chi connectivity index (χ0) is 17.0. The maximum absolute atomic E-state index is 12.2. The van der Waals surface area contributed by atoms with Gasteiger partial charge in [0.25, 0.3) is 11.8 Å². The van der Waals surface area contributed by atoms with Crippen LogP contribution in [0.4, 0.5) is 5.69 Å². The molecule has 0 aromatic heterocycles. The third-order valence-corrected chi connectivity index (χ3v) is 4.80. The van der Waals surface area contributed by atoms with E-state index in [-0.39, 0.29) is 11.8 Å². The Balaban J connectivity index is 1.97. The summed E-state index contributed by atoms with van der Waals surface area (Å²) in [5.74, 6) is -0.593. The van der Waals surface area contributed by atoms with Crippen molar-refractivity contribution in [2.75, 3.05) is 4.90 Å². The average Bonchev–Trinajstić information content (AvgIpc) is 2.99. The summed E-state index contributed by atoms with van der Waals surface area (Å²) >= 11 is 0. The molecule has 4 aromatic rings. The lowest BCUT2D eigenvalue weighted by molar-refractivity contribution is -0.119. The second-order valence-corrected chi connectivity index (χ2v) is 6.17. The molecule has 0 bridgehead atoms. The van der Waals surface area contributed by atoms with E-state index in [0.717, 1.165) is 32.3 Å². The van der Waals surface area contributed by atoms with Crippen molar-refractivity contribution in [3.8, 4) is 0 Å². The fourth-order valence-corrected chi connectivity index (χ4v) is 3.66. The van der Waals surface area contributed by atoms with Gasteiger partial charge in [-0.15, -0.1) is 0 Å². The molecule has 3 nitrogen and oxygen atoms in total. The van der Waals surface area contributed by atoms with Gasteiger partial charge in [-0.2, -0.15) is 0 Å². The van der Waals surface area contributed by atoms with E-state index in [1.165, 1.54) is 17.1 Å². The molecule has 0 atom stereocenters. The fourth-order valence-electron chi connectivity index (χ4n) is 3.66. The van der Waals surface area contributed by atoms with Crippen LogP contribution in [0.1, 0.15) is 0 Å². The molecule has 2 amide bonds. The van der Waals surface area contributed by atoms with E-state index in [2.05, 4.69) is 24.3 Å². The predicted molar refractivity (Wildman–Crippen MR) is 101 cm³/mol. The molecule has 25 heavy (non-hydrogen) atoms. The quantitative estimate of drug-likeness (QED) is 0.380. The third kappa shape index (κ3) is 1.93. The predicted octanol–water partition coefficient (Wildman–Crippen LogP) is 4.58. The van der Waals surface area contributed by atoms with Gasteiger partial charge in [0.2, 0.25) is 0 Å². The summed E-state index contributed by atoms with van der Waals surface area (Å²) in [5, 5.41) is 6.33. The highest BCUT2D eigenvalue weighted by Crippen LogP contribution is 2.38. The molecule has 0 aliphatic carbocycles. The van der Waals surface area contributed by atoms with Crippen LogP contribution in [0.2, 0.25) is 0 Å². The van der Waals surface area contributed by atoms with E-state index in [1.54, 1.807) is 0 Å². The highest BCUT2D eigenvalue weighted by atomic mass is 16.2. The number of rotatable bonds is 1. The van der Waals surface area contributed by atoms with Crippen molar-refractivity contribution in [3.05, 3.63) is 78.9 Å². The highest BCUT2D eigenvalue weighted by Gasteiger charge is 2.27. The Kier molecular flexibility index (Phi) is 2.80. The molecule has 5 rings (SSSR count). The number of benzene rings is 4. The van der Waals surface area contributed by atoms with Crippen molar-refractivity contribution in [2.24, 2.45) is 0 Å². The van der Waals surface area contributed by atoms with Gasteiger partial charge in [0.05, 0.1) is 5.69 Å². The molecule has 3 heteroatoms. The summed E-state index contributed by atoms with van der Waals surface area (Å²) in [6, 6.07) is 22.2. The molecule has 1 aliphatic rings. The number of amides is 2. The van der Waals surface area contributed by atoms with Gasteiger partial charge in [-0.25, -0.2) is 4.90 Å². The van der Waals surface area contributed by atoms with Gasteiger partial charge < -0.3 is 0 Å². The van der Waals surface area contributed by atoms with Crippen LogP contribution < -0.4 is 4.90 Å². The van der Waals surface area contributed by atoms with E-state index in [1.807, 2.05) is 42.5 Å². The molecule has 0 unspecified atom stereocenters. The van der Waals surface area contributed by atoms with Crippen molar-refractivity contribution in [3.63, 3.8) is 0 Å². The lowest BCUT2D eigenvalue weighted by atomic mass is 9.95. The zero-order valence-corrected chi connectivity index (χ0v) is 13.3. The number of fused-ring (bicyclic) bond motifs is 5. The van der Waals surface area contributed by atoms with Gasteiger partial charge in [0.15, 0.2) is 0 Å². The van der Waals surface area contributed by atoms with Crippen molar-refractivity contribution in [1.29, 1.82) is 0 Å². The second kappa shape index (κ2) is 5.02. The Morgan fingerprint density at radius 3 is 1.92 bits per heavy atom. The van der Waals surface area contributed by atoms with Gasteiger partial charge in [0.1, 0.15) is 0 Å². The normalized spacial score (nSPS) is 14.3. The van der Waals surface area contributed by atoms with Crippen LogP contribution in [0.25, 0.3) is 32.3 Å². The number of carbonyl (C=O) groups excluding carboxylic acids is 2. The summed E-state index contributed by atoms with van der Waals surface area (Å²) in [5.41, 5.74) is 0.638. The first-order valence-electron chi connectivity index (χ1n) is 8.13. The molecule has 0 saturated carbocycles. The summed E-state index contributed by atoms with van der Waals surface area (Å²) in [4.78, 5) is 25.7. The topological polar surface area (TPSA) is 37.4 Å². The standard InChI is InChI=1S/C22H13NO2/c24-21-11-12-22(25)23(21)20-13-19-15-6-2-1-5-14(15)9-10-17(19)16-7-3-4-8-18(16)20/h1-13H. The number of carbonyl (C=O) groups is 2. The van der Waals surface area contributed by atoms with Crippen LogP contribution in [0, 0.1) is 0 Å². The molecule has 0 N–H and O–H groups in total. The van der Waals surface area contributed by atoms with Crippen LogP contribution >= 0.6 is 0 Å². The minimum absolute atomic E-state index is 0.297. The number of imide groups is 1. The average molecular weight is 323 g/mol. The number of hydrogen-bond donors (Lipinski definition) is 0. The lowest BCUT2D eigenvalue weighted by Crippen LogP contribution is -2.29. The Bertz CT molecular complexity index is 1220. The number of hydrogen-bond acceptors (Lipinski definition) is 2. The molecule has 1 aliphatic heterocycles. The first-order valence-corrected chi connectivity index (χ1v) is 8.13. The zero-order valence-electron chi connectivity index (χ0n) is 13.3. The Labute approximate surface area is 143 Å². The van der Waals surface area contributed by atoms with Crippen LogP contribution in [0.3, 0.4) is 0 Å². The Morgan fingerprint density at radius 2 is 1.16 bits per heavy atom. The summed E-state index contributed by atoms with van der Waals surface area (Å²) < 4.78 is 0. The lowest BCUT2D eigenvalue weighted by Gasteiger charge is -2.19. The third-order valence-electron chi connectivity index (χ3n) is 4.80. The first-order chi connectivity index (χ1) is 12.2. The summed E-state index contributed by atoms with van der Waals surface area (Å²) in [6.45, 7) is 0. The molecular weight excluding hydrogens is 310 g/mol. The van der Waals surface area contributed by atoms with Gasteiger partial charge in [-0.05, 0) is 33.0 Å². The fraction of sp³-hybridized carbons (Fsp3) is 0. The van der Waals surface area contributed by atoms with Gasteiger partial charge in [0, 0.05) is 17.5 Å². The SMILES string of the molecule is O=C1C=CC(=O)N1c1cc2c3ccccc3ccc2c2ccccc12. The molecule has 0 saturated heterocycles. The Morgan fingerprint density at radius 1 is 0.560 bits per heavy atom. The first kappa shape index (κ1) is 13.9. The van der Waals surface area contributed by atoms with Crippen LogP contribution in [-0.2, 0) is 9.59 Å². The minimum atomic E-state index is -0.297. The molecule has 118 valence electrons. The molecular formula is C22H13NO2. The van der Waals surface area contributed by atoms with E-state index in [4.69, 9.17) is 0 Å². The van der Waals surface area contributed by atoms with E-state index < -0.39 is 0 Å². The maximum atomic E-state index is 12.2. The van der Waals surface area contributed by atoms with Crippen molar-refractivity contribution in [1.82, 2.24) is 0 Å². The number of anilines is 1. The largest absolute Gasteiger partial charge is 0.269 e. The molecule has 4 aromatic carbocycles. The minimum Gasteiger partial charge on any atom is -0.269 e. The summed E-state index contributed by atoms with van der Waals surface area (Å²) in [6.07, 6.45) is 2.65. The molecule has 1 heterocycles. The summed E-state index contributed by atoms with van der Waals surface area (Å²) in [7, 11) is 0. The van der Waals surface area contributed by atoms with Crippen molar-refractivity contribution >= 4 is 49.8 Å². The van der Waals surface area contributed by atoms with Crippen LogP contribution in [-0.4, -0.2) is 11.8 Å². The van der Waals surface area contributed by atoms with Crippen molar-refractivity contribution in [2.45, 2.75) is 0 Å². The molecule has 0 radical (unpaired) electrons. The van der Waals surface area contributed by atoms with Gasteiger partial charge in [-0.3, -0.25) is 9.59 Å². The molecule has 0 fully saturated rings. The van der Waals surface area contributed by atoms with Crippen molar-refractivity contribution < 1.29 is 9.59 Å².